The summed E-state index contributed by atoms with van der Waals surface area (Å²) in [6.07, 6.45) is 0. The van der Waals surface area contributed by atoms with E-state index in [1.165, 1.54) is 12.1 Å². The first kappa shape index (κ1) is 13.5. The van der Waals surface area contributed by atoms with E-state index in [9.17, 15) is 4.39 Å². The SMILES string of the molecule is CCOc1cc(Oc2cccc(Cl)c2F)ccc1N. The van der Waals surface area contributed by atoms with Gasteiger partial charge >= 0.3 is 0 Å². The topological polar surface area (TPSA) is 44.5 Å². The van der Waals surface area contributed by atoms with E-state index in [-0.39, 0.29) is 10.8 Å². The minimum atomic E-state index is -0.598. The zero-order chi connectivity index (χ0) is 13.8. The average Bonchev–Trinajstić information content (AvgIpc) is 2.39. The highest BCUT2D eigenvalue weighted by molar-refractivity contribution is 6.30. The van der Waals surface area contributed by atoms with Crippen LogP contribution in [-0.4, -0.2) is 6.61 Å². The van der Waals surface area contributed by atoms with Crippen LogP contribution in [0.4, 0.5) is 10.1 Å². The lowest BCUT2D eigenvalue weighted by Crippen LogP contribution is -1.97. The smallest absolute Gasteiger partial charge is 0.184 e. The molecule has 0 bridgehead atoms. The first-order valence-corrected chi connectivity index (χ1v) is 6.13. The molecule has 0 amide bonds. The van der Waals surface area contributed by atoms with Crippen molar-refractivity contribution in [3.8, 4) is 17.2 Å². The monoisotopic (exact) mass is 281 g/mol. The van der Waals surface area contributed by atoms with Gasteiger partial charge in [-0.15, -0.1) is 0 Å². The molecule has 0 fully saturated rings. The molecule has 0 unspecified atom stereocenters. The van der Waals surface area contributed by atoms with E-state index in [1.807, 2.05) is 6.92 Å². The van der Waals surface area contributed by atoms with Gasteiger partial charge in [-0.1, -0.05) is 17.7 Å². The summed E-state index contributed by atoms with van der Waals surface area (Å²) in [6, 6.07) is 9.46. The van der Waals surface area contributed by atoms with E-state index in [4.69, 9.17) is 26.8 Å². The summed E-state index contributed by atoms with van der Waals surface area (Å²) in [7, 11) is 0. The molecular weight excluding hydrogens is 269 g/mol. The second-order valence-corrected chi connectivity index (χ2v) is 4.19. The van der Waals surface area contributed by atoms with Gasteiger partial charge in [0.25, 0.3) is 0 Å². The van der Waals surface area contributed by atoms with Crippen LogP contribution in [-0.2, 0) is 0 Å². The summed E-state index contributed by atoms with van der Waals surface area (Å²) in [4.78, 5) is 0. The Morgan fingerprint density at radius 2 is 2.00 bits per heavy atom. The molecule has 2 N–H and O–H groups in total. The van der Waals surface area contributed by atoms with Crippen LogP contribution >= 0.6 is 11.6 Å². The van der Waals surface area contributed by atoms with Gasteiger partial charge in [0, 0.05) is 6.07 Å². The maximum Gasteiger partial charge on any atom is 0.184 e. The molecule has 0 radical (unpaired) electrons. The summed E-state index contributed by atoms with van der Waals surface area (Å²) < 4.78 is 24.5. The van der Waals surface area contributed by atoms with Crippen LogP contribution in [0.5, 0.6) is 17.2 Å². The molecule has 0 aliphatic heterocycles. The van der Waals surface area contributed by atoms with Crippen LogP contribution in [0, 0.1) is 5.82 Å². The highest BCUT2D eigenvalue weighted by Crippen LogP contribution is 2.32. The number of nitrogens with two attached hydrogens (primary N) is 1. The standard InChI is InChI=1S/C14H13ClFNO2/c1-2-18-13-8-9(6-7-11(13)17)19-12-5-3-4-10(15)14(12)16/h3-8H,2,17H2,1H3. The molecular formula is C14H13ClFNO2. The van der Waals surface area contributed by atoms with Crippen molar-refractivity contribution in [2.75, 3.05) is 12.3 Å². The second kappa shape index (κ2) is 5.80. The lowest BCUT2D eigenvalue weighted by Gasteiger charge is -2.11. The number of ether oxygens (including phenoxy) is 2. The number of halogens is 2. The third kappa shape index (κ3) is 3.09. The van der Waals surface area contributed by atoms with Crippen molar-refractivity contribution in [3.63, 3.8) is 0 Å². The highest BCUT2D eigenvalue weighted by atomic mass is 35.5. The van der Waals surface area contributed by atoms with E-state index < -0.39 is 5.82 Å². The van der Waals surface area contributed by atoms with Crippen LogP contribution in [0.2, 0.25) is 5.02 Å². The molecule has 0 aliphatic rings. The Balaban J connectivity index is 2.28. The summed E-state index contributed by atoms with van der Waals surface area (Å²) in [5.74, 6) is 0.389. The number of nitrogen functional groups attached to an aromatic ring is 1. The minimum Gasteiger partial charge on any atom is -0.492 e. The van der Waals surface area contributed by atoms with Gasteiger partial charge < -0.3 is 15.2 Å². The molecule has 0 saturated heterocycles. The third-order valence-corrected chi connectivity index (χ3v) is 2.72. The van der Waals surface area contributed by atoms with E-state index in [0.717, 1.165) is 0 Å². The zero-order valence-electron chi connectivity index (χ0n) is 10.3. The number of hydrogen-bond donors (Lipinski definition) is 1. The molecule has 0 atom stereocenters. The lowest BCUT2D eigenvalue weighted by atomic mass is 10.2. The van der Waals surface area contributed by atoms with Gasteiger partial charge in [-0.2, -0.15) is 0 Å². The largest absolute Gasteiger partial charge is 0.492 e. The molecule has 2 rings (SSSR count). The predicted octanol–water partition coefficient (Wildman–Crippen LogP) is 4.25. The van der Waals surface area contributed by atoms with Gasteiger partial charge in [0.2, 0.25) is 0 Å². The number of hydrogen-bond acceptors (Lipinski definition) is 3. The Morgan fingerprint density at radius 1 is 1.21 bits per heavy atom. The quantitative estimate of drug-likeness (QED) is 0.852. The van der Waals surface area contributed by atoms with Crippen molar-refractivity contribution in [2.24, 2.45) is 0 Å². The van der Waals surface area contributed by atoms with Crippen molar-refractivity contribution in [1.82, 2.24) is 0 Å². The van der Waals surface area contributed by atoms with Crippen LogP contribution in [0.15, 0.2) is 36.4 Å². The van der Waals surface area contributed by atoms with Gasteiger partial charge in [0.1, 0.15) is 11.5 Å². The van der Waals surface area contributed by atoms with Crippen LogP contribution in [0.25, 0.3) is 0 Å². The zero-order valence-corrected chi connectivity index (χ0v) is 11.1. The maximum absolute atomic E-state index is 13.7. The van der Waals surface area contributed by atoms with Crippen molar-refractivity contribution in [3.05, 3.63) is 47.2 Å². The average molecular weight is 282 g/mol. The molecule has 0 spiro atoms. The number of rotatable bonds is 4. The predicted molar refractivity (Wildman–Crippen MR) is 73.5 cm³/mol. The number of benzene rings is 2. The molecule has 0 saturated carbocycles. The van der Waals surface area contributed by atoms with Gasteiger partial charge in [0.15, 0.2) is 11.6 Å². The fourth-order valence-electron chi connectivity index (χ4n) is 1.55. The van der Waals surface area contributed by atoms with Crippen LogP contribution in [0.1, 0.15) is 6.92 Å². The molecule has 100 valence electrons. The summed E-state index contributed by atoms with van der Waals surface area (Å²) in [5, 5.41) is 0.0120. The molecule has 5 heteroatoms. The summed E-state index contributed by atoms with van der Waals surface area (Å²) in [6.45, 7) is 2.34. The van der Waals surface area contributed by atoms with E-state index in [0.29, 0.717) is 23.8 Å². The minimum absolute atomic E-state index is 0.0120. The van der Waals surface area contributed by atoms with Gasteiger partial charge in [-0.05, 0) is 31.2 Å². The Bertz CT molecular complexity index is 590. The Labute approximate surface area is 115 Å². The summed E-state index contributed by atoms with van der Waals surface area (Å²) in [5.41, 5.74) is 6.25. The van der Waals surface area contributed by atoms with Crippen molar-refractivity contribution < 1.29 is 13.9 Å². The van der Waals surface area contributed by atoms with E-state index >= 15 is 0 Å². The molecule has 3 nitrogen and oxygen atoms in total. The molecule has 0 aliphatic carbocycles. The molecule has 2 aromatic carbocycles. The van der Waals surface area contributed by atoms with Gasteiger partial charge in [0.05, 0.1) is 17.3 Å². The van der Waals surface area contributed by atoms with Crippen LogP contribution < -0.4 is 15.2 Å². The number of anilines is 1. The van der Waals surface area contributed by atoms with Gasteiger partial charge in [-0.3, -0.25) is 0 Å². The molecule has 0 heterocycles. The lowest BCUT2D eigenvalue weighted by molar-refractivity contribution is 0.339. The van der Waals surface area contributed by atoms with Crippen molar-refractivity contribution in [1.29, 1.82) is 0 Å². The fraction of sp³-hybridized carbons (Fsp3) is 0.143. The van der Waals surface area contributed by atoms with Crippen molar-refractivity contribution >= 4 is 17.3 Å². The molecule has 2 aromatic rings. The Hall–Kier alpha value is -1.94. The normalized spacial score (nSPS) is 10.3. The molecule has 19 heavy (non-hydrogen) atoms. The highest BCUT2D eigenvalue weighted by Gasteiger charge is 2.09. The first-order chi connectivity index (χ1) is 9.11. The summed E-state index contributed by atoms with van der Waals surface area (Å²) >= 11 is 5.69. The Morgan fingerprint density at radius 3 is 2.74 bits per heavy atom. The van der Waals surface area contributed by atoms with E-state index in [1.54, 1.807) is 24.3 Å². The maximum atomic E-state index is 13.7. The van der Waals surface area contributed by atoms with E-state index in [2.05, 4.69) is 0 Å². The first-order valence-electron chi connectivity index (χ1n) is 5.76. The molecule has 0 aromatic heterocycles. The Kier molecular flexibility index (Phi) is 4.12. The fourth-order valence-corrected chi connectivity index (χ4v) is 1.71. The third-order valence-electron chi connectivity index (χ3n) is 2.43. The van der Waals surface area contributed by atoms with Gasteiger partial charge in [-0.25, -0.2) is 4.39 Å². The van der Waals surface area contributed by atoms with Crippen molar-refractivity contribution in [2.45, 2.75) is 6.92 Å². The second-order valence-electron chi connectivity index (χ2n) is 3.79. The van der Waals surface area contributed by atoms with Crippen LogP contribution in [0.3, 0.4) is 0 Å².